The molecule has 5 rings (SSSR count). The first-order valence-electron chi connectivity index (χ1n) is 11.8. The number of carbonyl (C=O) groups excluding carboxylic acids is 2. The molecule has 0 radical (unpaired) electrons. The number of rotatable bonds is 5. The molecule has 0 fully saturated rings. The minimum Gasteiger partial charge on any atom is -0.496 e. The highest BCUT2D eigenvalue weighted by molar-refractivity contribution is 9.10. The van der Waals surface area contributed by atoms with E-state index in [-0.39, 0.29) is 23.6 Å². The van der Waals surface area contributed by atoms with E-state index in [0.717, 1.165) is 17.0 Å². The number of benzene rings is 2. The van der Waals surface area contributed by atoms with Crippen LogP contribution in [0.25, 0.3) is 5.57 Å². The zero-order valence-electron chi connectivity index (χ0n) is 20.7. The SMILES string of the molecule is CCOC(=O)C1=C(C)N=c2s/c(=C3/C(=O)N(CC)c4ccccc43)c(=O)n2[C@@H]1c1ccc(OC)c(Br)c1. The average molecular weight is 582 g/mol. The molecule has 10 heteroatoms. The number of ether oxygens (including phenoxy) is 2. The normalized spacial score (nSPS) is 17.9. The average Bonchev–Trinajstić information content (AvgIpc) is 3.35. The molecule has 2 aliphatic rings. The topological polar surface area (TPSA) is 90.2 Å². The number of halogens is 1. The maximum Gasteiger partial charge on any atom is 0.338 e. The van der Waals surface area contributed by atoms with Gasteiger partial charge in [0.05, 0.1) is 46.8 Å². The Morgan fingerprint density at radius 1 is 1.16 bits per heavy atom. The van der Waals surface area contributed by atoms with E-state index in [2.05, 4.69) is 20.9 Å². The number of nitrogens with zero attached hydrogens (tertiary/aromatic N) is 3. The molecule has 0 saturated carbocycles. The molecule has 37 heavy (non-hydrogen) atoms. The fraction of sp³-hybridized carbons (Fsp3) is 0.259. The first-order chi connectivity index (χ1) is 17.8. The quantitative estimate of drug-likeness (QED) is 0.431. The molecule has 3 aromatic rings. The van der Waals surface area contributed by atoms with Gasteiger partial charge in [0.2, 0.25) is 0 Å². The van der Waals surface area contributed by atoms with Gasteiger partial charge in [-0.1, -0.05) is 35.6 Å². The van der Waals surface area contributed by atoms with Crippen LogP contribution in [-0.2, 0) is 14.3 Å². The molecule has 0 aliphatic carbocycles. The second kappa shape index (κ2) is 9.75. The molecule has 0 unspecified atom stereocenters. The highest BCUT2D eigenvalue weighted by Gasteiger charge is 2.37. The van der Waals surface area contributed by atoms with Crippen molar-refractivity contribution < 1.29 is 19.1 Å². The van der Waals surface area contributed by atoms with Crippen molar-refractivity contribution in [2.45, 2.75) is 26.8 Å². The lowest BCUT2D eigenvalue weighted by atomic mass is 9.96. The summed E-state index contributed by atoms with van der Waals surface area (Å²) in [6.45, 7) is 6.02. The fourth-order valence-corrected chi connectivity index (χ4v) is 6.52. The summed E-state index contributed by atoms with van der Waals surface area (Å²) < 4.78 is 13.2. The number of anilines is 1. The smallest absolute Gasteiger partial charge is 0.338 e. The summed E-state index contributed by atoms with van der Waals surface area (Å²) >= 11 is 4.67. The number of hydrogen-bond acceptors (Lipinski definition) is 7. The molecule has 190 valence electrons. The van der Waals surface area contributed by atoms with E-state index in [9.17, 15) is 14.4 Å². The van der Waals surface area contributed by atoms with E-state index in [4.69, 9.17) is 9.47 Å². The van der Waals surface area contributed by atoms with Gasteiger partial charge in [0.25, 0.3) is 11.5 Å². The van der Waals surface area contributed by atoms with Crippen molar-refractivity contribution in [3.05, 3.63) is 89.0 Å². The monoisotopic (exact) mass is 581 g/mol. The summed E-state index contributed by atoms with van der Waals surface area (Å²) in [4.78, 5) is 47.4. The molecular formula is C27H24BrN3O5S. The Bertz CT molecular complexity index is 1670. The van der Waals surface area contributed by atoms with E-state index in [0.29, 0.717) is 48.5 Å². The van der Waals surface area contributed by atoms with Gasteiger partial charge in [-0.05, 0) is 60.5 Å². The van der Waals surface area contributed by atoms with Crippen molar-refractivity contribution in [3.63, 3.8) is 0 Å². The van der Waals surface area contributed by atoms with Crippen molar-refractivity contribution in [3.8, 4) is 5.75 Å². The molecular weight excluding hydrogens is 558 g/mol. The third-order valence-corrected chi connectivity index (χ3v) is 8.12. The standard InChI is InChI=1S/C27H24BrN3O5S/c1-5-30-18-10-8-7-9-16(18)21(24(30)32)23-25(33)31-22(15-11-12-19(35-4)17(28)13-15)20(26(34)36-6-2)14(3)29-27(31)37-23/h7-13,22H,5-6H2,1-4H3/b23-21+/t22-/m1/s1. The van der Waals surface area contributed by atoms with E-state index in [1.807, 2.05) is 43.3 Å². The van der Waals surface area contributed by atoms with Gasteiger partial charge in [-0.15, -0.1) is 0 Å². The zero-order valence-corrected chi connectivity index (χ0v) is 23.1. The van der Waals surface area contributed by atoms with Crippen molar-refractivity contribution >= 4 is 50.4 Å². The number of para-hydroxylation sites is 1. The van der Waals surface area contributed by atoms with Crippen LogP contribution in [-0.4, -0.2) is 36.7 Å². The zero-order chi connectivity index (χ0) is 26.4. The number of allylic oxidation sites excluding steroid dienone is 1. The van der Waals surface area contributed by atoms with Gasteiger partial charge in [-0.2, -0.15) is 0 Å². The number of thiazole rings is 1. The third-order valence-electron chi connectivity index (χ3n) is 6.45. The van der Waals surface area contributed by atoms with Crippen LogP contribution >= 0.6 is 27.3 Å². The number of aromatic nitrogens is 1. The van der Waals surface area contributed by atoms with Crippen molar-refractivity contribution in [2.75, 3.05) is 25.2 Å². The first kappa shape index (κ1) is 25.2. The Morgan fingerprint density at radius 2 is 1.92 bits per heavy atom. The lowest BCUT2D eigenvalue weighted by Gasteiger charge is -2.25. The summed E-state index contributed by atoms with van der Waals surface area (Å²) in [7, 11) is 1.56. The molecule has 1 amide bonds. The minimum absolute atomic E-state index is 0.182. The summed E-state index contributed by atoms with van der Waals surface area (Å²) in [5.74, 6) is -0.151. The second-order valence-electron chi connectivity index (χ2n) is 8.46. The van der Waals surface area contributed by atoms with Gasteiger partial charge in [-0.3, -0.25) is 14.2 Å². The lowest BCUT2D eigenvalue weighted by Crippen LogP contribution is -2.41. The molecule has 1 aromatic heterocycles. The van der Waals surface area contributed by atoms with Gasteiger partial charge in [-0.25, -0.2) is 9.79 Å². The second-order valence-corrected chi connectivity index (χ2v) is 10.3. The molecule has 0 spiro atoms. The largest absolute Gasteiger partial charge is 0.496 e. The number of hydrogen-bond donors (Lipinski definition) is 0. The summed E-state index contributed by atoms with van der Waals surface area (Å²) in [6, 6.07) is 12.1. The number of methoxy groups -OCH3 is 1. The molecule has 2 aromatic carbocycles. The fourth-order valence-electron chi connectivity index (χ4n) is 4.82. The maximum absolute atomic E-state index is 14.1. The van der Waals surface area contributed by atoms with Crippen LogP contribution in [0.4, 0.5) is 5.69 Å². The Hall–Kier alpha value is -3.50. The predicted molar refractivity (Wildman–Crippen MR) is 145 cm³/mol. The number of esters is 1. The van der Waals surface area contributed by atoms with Gasteiger partial charge < -0.3 is 14.4 Å². The van der Waals surface area contributed by atoms with Crippen LogP contribution < -0.4 is 24.5 Å². The number of likely N-dealkylation sites (N-methyl/N-ethyl adjacent to an activating group) is 1. The summed E-state index contributed by atoms with van der Waals surface area (Å²) in [5.41, 5.74) is 2.87. The number of carbonyl (C=O) groups is 2. The van der Waals surface area contributed by atoms with Gasteiger partial charge in [0.1, 0.15) is 10.3 Å². The van der Waals surface area contributed by atoms with E-state index >= 15 is 0 Å². The Morgan fingerprint density at radius 3 is 2.59 bits per heavy atom. The summed E-state index contributed by atoms with van der Waals surface area (Å²) in [6.07, 6.45) is 0. The van der Waals surface area contributed by atoms with E-state index in [1.165, 1.54) is 4.57 Å². The maximum atomic E-state index is 14.1. The van der Waals surface area contributed by atoms with Crippen LogP contribution in [0.2, 0.25) is 0 Å². The van der Waals surface area contributed by atoms with Crippen LogP contribution in [0.15, 0.2) is 68.0 Å². The van der Waals surface area contributed by atoms with Gasteiger partial charge in [0.15, 0.2) is 4.80 Å². The van der Waals surface area contributed by atoms with E-state index in [1.54, 1.807) is 31.9 Å². The highest BCUT2D eigenvalue weighted by Crippen LogP contribution is 2.36. The molecule has 0 bridgehead atoms. The van der Waals surface area contributed by atoms with Crippen LogP contribution in [0.5, 0.6) is 5.75 Å². The minimum atomic E-state index is -0.791. The lowest BCUT2D eigenvalue weighted by molar-refractivity contribution is -0.139. The van der Waals surface area contributed by atoms with E-state index < -0.39 is 12.0 Å². The Balaban J connectivity index is 1.82. The first-order valence-corrected chi connectivity index (χ1v) is 13.4. The van der Waals surface area contributed by atoms with Crippen molar-refractivity contribution in [2.24, 2.45) is 4.99 Å². The number of amides is 1. The Labute approximate surface area is 225 Å². The molecule has 2 aliphatic heterocycles. The molecule has 1 atom stereocenters. The van der Waals surface area contributed by atoms with Crippen LogP contribution in [0, 0.1) is 0 Å². The summed E-state index contributed by atoms with van der Waals surface area (Å²) in [5, 5.41) is 0. The molecule has 0 saturated heterocycles. The molecule has 0 N–H and O–H groups in total. The van der Waals surface area contributed by atoms with Gasteiger partial charge in [0, 0.05) is 12.1 Å². The molecule has 3 heterocycles. The van der Waals surface area contributed by atoms with Crippen molar-refractivity contribution in [1.29, 1.82) is 0 Å². The van der Waals surface area contributed by atoms with Crippen molar-refractivity contribution in [1.82, 2.24) is 4.57 Å². The number of fused-ring (bicyclic) bond motifs is 2. The van der Waals surface area contributed by atoms with Crippen LogP contribution in [0.1, 0.15) is 37.9 Å². The Kier molecular flexibility index (Phi) is 6.63. The third kappa shape index (κ3) is 3.95. The van der Waals surface area contributed by atoms with Gasteiger partial charge >= 0.3 is 5.97 Å². The predicted octanol–water partition coefficient (Wildman–Crippen LogP) is 3.31. The molecule has 8 nitrogen and oxygen atoms in total. The van der Waals surface area contributed by atoms with Crippen LogP contribution in [0.3, 0.4) is 0 Å². The highest BCUT2D eigenvalue weighted by atomic mass is 79.9.